The molecule has 7 rings (SSSR count). The van der Waals surface area contributed by atoms with Crippen molar-refractivity contribution in [3.05, 3.63) is 82.9 Å². The molecular weight excluding hydrogens is 492 g/mol. The standard InChI is InChI=1S/C34H36N6/c1-3-27-32-30(39-18-16-38(17-19-39)26-14-13-24-8-5-6-9-25(24)21-26)10-7-11-31(32)40(4-2)34(27)33-28-15-12-23(22-35)20-29(28)36-37-33/h5-12,15,20,26H,3-4,13-14,16-19,21H2,1-2H3,(H,36,37). The number of H-pyrrole nitrogens is 1. The lowest BCUT2D eigenvalue weighted by Gasteiger charge is -2.42. The number of aryl methyl sites for hydroxylation is 3. The first-order valence-electron chi connectivity index (χ1n) is 14.8. The molecule has 5 aromatic rings. The summed E-state index contributed by atoms with van der Waals surface area (Å²) in [5, 5.41) is 19.8. The molecule has 1 fully saturated rings. The van der Waals surface area contributed by atoms with Gasteiger partial charge in [0.2, 0.25) is 0 Å². The van der Waals surface area contributed by atoms with Crippen LogP contribution in [0.5, 0.6) is 0 Å². The summed E-state index contributed by atoms with van der Waals surface area (Å²) >= 11 is 0. The number of benzene rings is 3. The summed E-state index contributed by atoms with van der Waals surface area (Å²) in [6.45, 7) is 9.67. The Balaban J connectivity index is 1.23. The number of nitrogens with zero attached hydrogens (tertiary/aromatic N) is 5. The fourth-order valence-electron chi connectivity index (χ4n) is 7.26. The van der Waals surface area contributed by atoms with Crippen molar-refractivity contribution < 1.29 is 0 Å². The summed E-state index contributed by atoms with van der Waals surface area (Å²) in [4.78, 5) is 5.35. The van der Waals surface area contributed by atoms with Crippen molar-refractivity contribution in [1.29, 1.82) is 5.26 Å². The van der Waals surface area contributed by atoms with Crippen LogP contribution in [0.1, 0.15) is 42.5 Å². The van der Waals surface area contributed by atoms with E-state index in [1.54, 1.807) is 11.1 Å². The predicted molar refractivity (Wildman–Crippen MR) is 163 cm³/mol. The lowest BCUT2D eigenvalue weighted by Crippen LogP contribution is -2.51. The van der Waals surface area contributed by atoms with E-state index in [9.17, 15) is 5.26 Å². The number of nitriles is 1. The van der Waals surface area contributed by atoms with E-state index >= 15 is 0 Å². The summed E-state index contributed by atoms with van der Waals surface area (Å²) in [5.41, 5.74) is 10.8. The van der Waals surface area contributed by atoms with Crippen LogP contribution in [-0.4, -0.2) is 51.9 Å². The first-order valence-corrected chi connectivity index (χ1v) is 14.8. The minimum Gasteiger partial charge on any atom is -0.368 e. The van der Waals surface area contributed by atoms with Crippen LogP contribution in [0.2, 0.25) is 0 Å². The van der Waals surface area contributed by atoms with Gasteiger partial charge in [-0.15, -0.1) is 0 Å². The third kappa shape index (κ3) is 4.00. The third-order valence-corrected chi connectivity index (χ3v) is 9.25. The SMILES string of the molecule is CCc1c(-c2n[nH]c3cc(C#N)ccc23)n(CC)c2cccc(N3CCN(C4CCc5ccccc5C4)CC3)c12. The average Bonchev–Trinajstić information content (AvgIpc) is 3.58. The monoisotopic (exact) mass is 528 g/mol. The topological polar surface area (TPSA) is 63.9 Å². The van der Waals surface area contributed by atoms with E-state index in [0.717, 1.165) is 55.7 Å². The molecule has 2 aromatic heterocycles. The lowest BCUT2D eigenvalue weighted by molar-refractivity contribution is 0.170. The van der Waals surface area contributed by atoms with E-state index < -0.39 is 0 Å². The van der Waals surface area contributed by atoms with E-state index in [-0.39, 0.29) is 0 Å². The van der Waals surface area contributed by atoms with E-state index in [1.165, 1.54) is 47.1 Å². The van der Waals surface area contributed by atoms with Crippen LogP contribution < -0.4 is 4.90 Å². The van der Waals surface area contributed by atoms with Gasteiger partial charge < -0.3 is 9.47 Å². The highest BCUT2D eigenvalue weighted by Crippen LogP contribution is 2.41. The van der Waals surface area contributed by atoms with Crippen molar-refractivity contribution >= 4 is 27.5 Å². The van der Waals surface area contributed by atoms with Gasteiger partial charge in [-0.1, -0.05) is 37.3 Å². The molecule has 1 unspecified atom stereocenters. The second-order valence-corrected chi connectivity index (χ2v) is 11.2. The van der Waals surface area contributed by atoms with E-state index in [0.29, 0.717) is 11.6 Å². The van der Waals surface area contributed by atoms with Gasteiger partial charge in [-0.3, -0.25) is 10.00 Å². The normalized spacial score (nSPS) is 17.8. The molecule has 1 aliphatic carbocycles. The molecule has 1 N–H and O–H groups in total. The Morgan fingerprint density at radius 3 is 2.58 bits per heavy atom. The van der Waals surface area contributed by atoms with Gasteiger partial charge in [-0.25, -0.2) is 0 Å². The van der Waals surface area contributed by atoms with Gasteiger partial charge in [0, 0.05) is 55.2 Å². The van der Waals surface area contributed by atoms with Crippen molar-refractivity contribution in [2.75, 3.05) is 31.1 Å². The maximum Gasteiger partial charge on any atom is 0.117 e. The van der Waals surface area contributed by atoms with Gasteiger partial charge in [-0.2, -0.15) is 10.4 Å². The number of piperazine rings is 1. The van der Waals surface area contributed by atoms with Crippen LogP contribution in [0.15, 0.2) is 60.7 Å². The number of hydrogen-bond donors (Lipinski definition) is 1. The summed E-state index contributed by atoms with van der Waals surface area (Å²) in [6.07, 6.45) is 4.58. The highest BCUT2D eigenvalue weighted by molar-refractivity contribution is 6.04. The number of fused-ring (bicyclic) bond motifs is 3. The maximum atomic E-state index is 9.37. The fraction of sp³-hybridized carbons (Fsp3) is 0.353. The Kier molecular flexibility index (Phi) is 6.32. The smallest absolute Gasteiger partial charge is 0.117 e. The van der Waals surface area contributed by atoms with E-state index in [2.05, 4.69) is 81.8 Å². The molecular formula is C34H36N6. The van der Waals surface area contributed by atoms with Gasteiger partial charge in [0.15, 0.2) is 0 Å². The van der Waals surface area contributed by atoms with Crippen LogP contribution in [-0.2, 0) is 25.8 Å². The number of hydrogen-bond acceptors (Lipinski definition) is 4. The molecule has 3 heterocycles. The molecule has 0 saturated carbocycles. The van der Waals surface area contributed by atoms with Gasteiger partial charge in [-0.05, 0) is 79.6 Å². The van der Waals surface area contributed by atoms with Crippen molar-refractivity contribution in [1.82, 2.24) is 19.7 Å². The summed E-state index contributed by atoms with van der Waals surface area (Å²) in [5.74, 6) is 0. The third-order valence-electron chi connectivity index (χ3n) is 9.25. The Labute approximate surface area is 235 Å². The largest absolute Gasteiger partial charge is 0.368 e. The Bertz CT molecular complexity index is 1740. The Hall–Kier alpha value is -4.08. The molecule has 0 spiro atoms. The number of aromatic amines is 1. The molecule has 0 bridgehead atoms. The van der Waals surface area contributed by atoms with Gasteiger partial charge in [0.1, 0.15) is 5.69 Å². The molecule has 0 amide bonds. The second-order valence-electron chi connectivity index (χ2n) is 11.2. The maximum absolute atomic E-state index is 9.37. The van der Waals surface area contributed by atoms with Gasteiger partial charge in [0.05, 0.1) is 28.4 Å². The Morgan fingerprint density at radius 2 is 1.80 bits per heavy atom. The molecule has 6 heteroatoms. The zero-order valence-electron chi connectivity index (χ0n) is 23.5. The molecule has 0 radical (unpaired) electrons. The van der Waals surface area contributed by atoms with Crippen molar-refractivity contribution in [3.8, 4) is 17.5 Å². The Morgan fingerprint density at radius 1 is 0.975 bits per heavy atom. The number of aromatic nitrogens is 3. The predicted octanol–water partition coefficient (Wildman–Crippen LogP) is 6.32. The minimum absolute atomic E-state index is 0.647. The van der Waals surface area contributed by atoms with Crippen LogP contribution in [0.3, 0.4) is 0 Å². The van der Waals surface area contributed by atoms with Crippen molar-refractivity contribution in [2.24, 2.45) is 0 Å². The molecule has 40 heavy (non-hydrogen) atoms. The van der Waals surface area contributed by atoms with Gasteiger partial charge in [0.25, 0.3) is 0 Å². The van der Waals surface area contributed by atoms with Gasteiger partial charge >= 0.3 is 0 Å². The number of rotatable bonds is 5. The molecule has 3 aromatic carbocycles. The second kappa shape index (κ2) is 10.1. The quantitative estimate of drug-likeness (QED) is 0.290. The van der Waals surface area contributed by atoms with Crippen LogP contribution in [0.4, 0.5) is 5.69 Å². The first kappa shape index (κ1) is 24.9. The van der Waals surface area contributed by atoms with Crippen LogP contribution >= 0.6 is 0 Å². The van der Waals surface area contributed by atoms with E-state index in [4.69, 9.17) is 5.10 Å². The number of anilines is 1. The van der Waals surface area contributed by atoms with Crippen molar-refractivity contribution in [2.45, 2.75) is 52.1 Å². The minimum atomic E-state index is 0.647. The molecule has 202 valence electrons. The summed E-state index contributed by atoms with van der Waals surface area (Å²) < 4.78 is 2.43. The summed E-state index contributed by atoms with van der Waals surface area (Å²) in [6, 6.07) is 24.5. The molecule has 1 aliphatic heterocycles. The molecule has 2 aliphatic rings. The summed E-state index contributed by atoms with van der Waals surface area (Å²) in [7, 11) is 0. The molecule has 1 atom stereocenters. The highest BCUT2D eigenvalue weighted by Gasteiger charge is 2.29. The van der Waals surface area contributed by atoms with E-state index in [1.807, 2.05) is 18.2 Å². The average molecular weight is 529 g/mol. The van der Waals surface area contributed by atoms with Crippen LogP contribution in [0, 0.1) is 11.3 Å². The number of nitrogens with one attached hydrogen (secondary N) is 1. The molecule has 1 saturated heterocycles. The zero-order chi connectivity index (χ0) is 27.2. The van der Waals surface area contributed by atoms with Crippen LogP contribution in [0.25, 0.3) is 33.2 Å². The zero-order valence-corrected chi connectivity index (χ0v) is 23.5. The lowest BCUT2D eigenvalue weighted by atomic mass is 9.87. The van der Waals surface area contributed by atoms with Crippen molar-refractivity contribution in [3.63, 3.8) is 0 Å². The highest BCUT2D eigenvalue weighted by atomic mass is 15.3. The fourth-order valence-corrected chi connectivity index (χ4v) is 7.26. The molecule has 6 nitrogen and oxygen atoms in total. The first-order chi connectivity index (χ1) is 19.7.